The van der Waals surface area contributed by atoms with Crippen LogP contribution in [0.25, 0.3) is 0 Å². The highest BCUT2D eigenvalue weighted by Crippen LogP contribution is 2.25. The predicted octanol–water partition coefficient (Wildman–Crippen LogP) is 3.55. The number of aliphatic imine (C=N–C) groups is 1. The average molecular weight is 445 g/mol. The number of thioether (sulfide) groups is 1. The summed E-state index contributed by atoms with van der Waals surface area (Å²) in [5.41, 5.74) is 2.53. The first-order valence-electron chi connectivity index (χ1n) is 11.1. The summed E-state index contributed by atoms with van der Waals surface area (Å²) < 4.78 is 8.33. The van der Waals surface area contributed by atoms with E-state index in [1.807, 2.05) is 7.05 Å². The van der Waals surface area contributed by atoms with Gasteiger partial charge in [0.15, 0.2) is 11.1 Å². The van der Waals surface area contributed by atoms with Crippen LogP contribution in [0.3, 0.4) is 0 Å². The van der Waals surface area contributed by atoms with Crippen molar-refractivity contribution in [1.29, 1.82) is 0 Å². The van der Waals surface area contributed by atoms with Gasteiger partial charge in [0.1, 0.15) is 11.9 Å². The fourth-order valence-electron chi connectivity index (χ4n) is 3.96. The highest BCUT2D eigenvalue weighted by molar-refractivity contribution is 7.98. The van der Waals surface area contributed by atoms with E-state index in [1.165, 1.54) is 11.1 Å². The van der Waals surface area contributed by atoms with Crippen LogP contribution in [0.1, 0.15) is 43.3 Å². The van der Waals surface area contributed by atoms with Gasteiger partial charge in [0, 0.05) is 33.1 Å². The van der Waals surface area contributed by atoms with Crippen LogP contribution >= 0.6 is 11.8 Å². The molecule has 0 spiro atoms. The molecule has 1 aromatic carbocycles. The molecule has 0 bridgehead atoms. The number of hydrogen-bond acceptors (Lipinski definition) is 5. The molecule has 1 aliphatic rings. The third-order valence-electron chi connectivity index (χ3n) is 5.50. The van der Waals surface area contributed by atoms with E-state index in [1.54, 1.807) is 11.8 Å². The maximum atomic E-state index is 6.07. The topological polar surface area (TPSA) is 67.6 Å². The fraction of sp³-hybridized carbons (Fsp3) is 0.609. The number of morpholine rings is 1. The third kappa shape index (κ3) is 6.23. The van der Waals surface area contributed by atoms with Gasteiger partial charge in [-0.1, -0.05) is 49.9 Å². The van der Waals surface area contributed by atoms with Gasteiger partial charge in [0.2, 0.25) is 0 Å². The molecule has 0 amide bonds. The van der Waals surface area contributed by atoms with Gasteiger partial charge in [-0.3, -0.25) is 4.99 Å². The largest absolute Gasteiger partial charge is 0.370 e. The van der Waals surface area contributed by atoms with Crippen molar-refractivity contribution in [2.24, 2.45) is 10.9 Å². The molecule has 170 valence electrons. The van der Waals surface area contributed by atoms with Crippen molar-refractivity contribution in [3.05, 3.63) is 41.2 Å². The normalized spacial score (nSPS) is 17.4. The Morgan fingerprint density at radius 2 is 2.13 bits per heavy atom. The van der Waals surface area contributed by atoms with Crippen LogP contribution in [-0.2, 0) is 17.7 Å². The molecule has 31 heavy (non-hydrogen) atoms. The lowest BCUT2D eigenvalue weighted by Gasteiger charge is -2.35. The molecular formula is C23H36N6OS. The smallest absolute Gasteiger partial charge is 0.193 e. The van der Waals surface area contributed by atoms with Crippen molar-refractivity contribution < 1.29 is 4.74 Å². The molecule has 1 saturated heterocycles. The summed E-state index contributed by atoms with van der Waals surface area (Å²) in [6.07, 6.45) is 4.02. The first-order valence-corrected chi connectivity index (χ1v) is 12.3. The number of nitrogens with zero attached hydrogens (tertiary/aromatic N) is 5. The van der Waals surface area contributed by atoms with Crippen LogP contribution in [0.2, 0.25) is 0 Å². The molecule has 7 nitrogen and oxygen atoms in total. The Bertz CT molecular complexity index is 866. The van der Waals surface area contributed by atoms with Gasteiger partial charge in [-0.05, 0) is 36.6 Å². The van der Waals surface area contributed by atoms with Crippen LogP contribution in [0.5, 0.6) is 0 Å². The van der Waals surface area contributed by atoms with Gasteiger partial charge < -0.3 is 19.5 Å². The number of aromatic nitrogens is 3. The van der Waals surface area contributed by atoms with E-state index >= 15 is 0 Å². The Balaban J connectivity index is 1.53. The number of benzene rings is 1. The van der Waals surface area contributed by atoms with Gasteiger partial charge in [-0.25, -0.2) is 0 Å². The molecule has 1 fully saturated rings. The maximum Gasteiger partial charge on any atom is 0.193 e. The molecule has 1 unspecified atom stereocenters. The number of rotatable bonds is 8. The molecule has 1 atom stereocenters. The van der Waals surface area contributed by atoms with E-state index in [0.717, 1.165) is 56.0 Å². The van der Waals surface area contributed by atoms with E-state index in [9.17, 15) is 0 Å². The SMILES string of the molecule is CN=C(NCCCc1nnc(SC)n1CC(C)C)N1CCOC(c2ccccc2C)C1. The number of guanidine groups is 1. The molecule has 1 aliphatic heterocycles. The minimum absolute atomic E-state index is 0.0769. The van der Waals surface area contributed by atoms with Gasteiger partial charge >= 0.3 is 0 Å². The van der Waals surface area contributed by atoms with Crippen LogP contribution in [0.4, 0.5) is 0 Å². The number of aryl methyl sites for hydroxylation is 2. The lowest BCUT2D eigenvalue weighted by Crippen LogP contribution is -2.48. The fourth-order valence-corrected chi connectivity index (χ4v) is 4.48. The first-order chi connectivity index (χ1) is 15.0. The lowest BCUT2D eigenvalue weighted by molar-refractivity contribution is -0.00830. The van der Waals surface area contributed by atoms with Crippen molar-refractivity contribution in [1.82, 2.24) is 25.0 Å². The average Bonchev–Trinajstić information content (AvgIpc) is 3.15. The molecule has 0 aliphatic carbocycles. The molecule has 0 radical (unpaired) electrons. The standard InChI is InChI=1S/C23H36N6OS/c1-17(2)15-29-21(26-27-23(29)31-5)11-8-12-25-22(24-4)28-13-14-30-20(16-28)19-10-7-6-9-18(19)3/h6-7,9-10,17,20H,8,11-16H2,1-5H3,(H,24,25). The highest BCUT2D eigenvalue weighted by atomic mass is 32.2. The summed E-state index contributed by atoms with van der Waals surface area (Å²) >= 11 is 1.66. The molecule has 0 saturated carbocycles. The summed E-state index contributed by atoms with van der Waals surface area (Å²) in [5, 5.41) is 13.3. The monoisotopic (exact) mass is 444 g/mol. The Hall–Kier alpha value is -2.06. The van der Waals surface area contributed by atoms with Crippen LogP contribution in [-0.4, -0.2) is 65.2 Å². The Morgan fingerprint density at radius 1 is 1.32 bits per heavy atom. The molecule has 2 aromatic rings. The van der Waals surface area contributed by atoms with Crippen molar-refractivity contribution in [2.45, 2.75) is 51.4 Å². The zero-order chi connectivity index (χ0) is 22.2. The Kier molecular flexibility index (Phi) is 8.78. The van der Waals surface area contributed by atoms with Gasteiger partial charge in [0.25, 0.3) is 0 Å². The molecule has 2 heterocycles. The molecular weight excluding hydrogens is 408 g/mol. The number of nitrogens with one attached hydrogen (secondary N) is 1. The summed E-state index contributed by atoms with van der Waals surface area (Å²) in [6.45, 7) is 10.8. The Morgan fingerprint density at radius 3 is 2.84 bits per heavy atom. The quantitative estimate of drug-likeness (QED) is 0.291. The van der Waals surface area contributed by atoms with Crippen LogP contribution in [0.15, 0.2) is 34.4 Å². The highest BCUT2D eigenvalue weighted by Gasteiger charge is 2.25. The van der Waals surface area contributed by atoms with E-state index < -0.39 is 0 Å². The molecule has 3 rings (SSSR count). The lowest BCUT2D eigenvalue weighted by atomic mass is 10.0. The van der Waals surface area contributed by atoms with Crippen molar-refractivity contribution in [3.63, 3.8) is 0 Å². The van der Waals surface area contributed by atoms with Crippen LogP contribution < -0.4 is 5.32 Å². The predicted molar refractivity (Wildman–Crippen MR) is 128 cm³/mol. The van der Waals surface area contributed by atoms with Gasteiger partial charge in [0.05, 0.1) is 13.2 Å². The summed E-state index contributed by atoms with van der Waals surface area (Å²) in [5.74, 6) is 2.58. The van der Waals surface area contributed by atoms with E-state index in [4.69, 9.17) is 4.74 Å². The first kappa shape index (κ1) is 23.6. The van der Waals surface area contributed by atoms with E-state index in [2.05, 4.69) is 81.3 Å². The number of hydrogen-bond donors (Lipinski definition) is 1. The zero-order valence-electron chi connectivity index (χ0n) is 19.5. The molecule has 1 N–H and O–H groups in total. The Labute approximate surface area is 190 Å². The van der Waals surface area contributed by atoms with Crippen molar-refractivity contribution in [2.75, 3.05) is 39.5 Å². The van der Waals surface area contributed by atoms with E-state index in [-0.39, 0.29) is 6.10 Å². The second-order valence-electron chi connectivity index (χ2n) is 8.35. The van der Waals surface area contributed by atoms with Crippen LogP contribution in [0, 0.1) is 12.8 Å². The second-order valence-corrected chi connectivity index (χ2v) is 9.12. The summed E-state index contributed by atoms with van der Waals surface area (Å²) in [4.78, 5) is 6.82. The summed E-state index contributed by atoms with van der Waals surface area (Å²) in [7, 11) is 1.85. The van der Waals surface area contributed by atoms with Crippen molar-refractivity contribution >= 4 is 17.7 Å². The summed E-state index contributed by atoms with van der Waals surface area (Å²) in [6, 6.07) is 8.46. The van der Waals surface area contributed by atoms with Crippen molar-refractivity contribution in [3.8, 4) is 0 Å². The van der Waals surface area contributed by atoms with E-state index in [0.29, 0.717) is 12.5 Å². The number of ether oxygens (including phenoxy) is 1. The molecule has 8 heteroatoms. The van der Waals surface area contributed by atoms with Gasteiger partial charge in [-0.2, -0.15) is 0 Å². The second kappa shape index (κ2) is 11.5. The third-order valence-corrected chi connectivity index (χ3v) is 6.16. The van der Waals surface area contributed by atoms with Gasteiger partial charge in [-0.15, -0.1) is 10.2 Å². The maximum absolute atomic E-state index is 6.07. The minimum Gasteiger partial charge on any atom is -0.370 e. The molecule has 1 aromatic heterocycles. The zero-order valence-corrected chi connectivity index (χ0v) is 20.3. The minimum atomic E-state index is 0.0769.